The second-order valence-corrected chi connectivity index (χ2v) is 10.1. The van der Waals surface area contributed by atoms with Crippen molar-refractivity contribution in [2.45, 2.75) is 57.5 Å². The van der Waals surface area contributed by atoms with E-state index < -0.39 is 29.8 Å². The summed E-state index contributed by atoms with van der Waals surface area (Å²) in [5.74, 6) is -0.121. The number of alkyl halides is 3. The van der Waals surface area contributed by atoms with Gasteiger partial charge in [-0.05, 0) is 57.4 Å². The molecule has 0 aliphatic rings. The number of imidazole rings is 1. The second-order valence-electron chi connectivity index (χ2n) is 9.65. The summed E-state index contributed by atoms with van der Waals surface area (Å²) in [6, 6.07) is 11.0. The van der Waals surface area contributed by atoms with E-state index in [-0.39, 0.29) is 22.9 Å². The highest BCUT2D eigenvalue weighted by molar-refractivity contribution is 6.32. The Balaban J connectivity index is 1.68. The lowest BCUT2D eigenvalue weighted by molar-refractivity contribution is -0.189. The van der Waals surface area contributed by atoms with Crippen molar-refractivity contribution in [1.82, 2.24) is 14.9 Å². The summed E-state index contributed by atoms with van der Waals surface area (Å²) in [5.41, 5.74) is 1.55. The molecule has 206 valence electrons. The van der Waals surface area contributed by atoms with Gasteiger partial charge in [0.2, 0.25) is 0 Å². The molecule has 7 nitrogen and oxygen atoms in total. The lowest BCUT2D eigenvalue weighted by Crippen LogP contribution is -2.37. The van der Waals surface area contributed by atoms with Crippen molar-refractivity contribution in [2.75, 3.05) is 6.61 Å². The number of amides is 1. The molecule has 0 spiro atoms. The fourth-order valence-electron chi connectivity index (χ4n) is 3.91. The number of benzene rings is 2. The van der Waals surface area contributed by atoms with Crippen LogP contribution in [0.25, 0.3) is 11.3 Å². The van der Waals surface area contributed by atoms with Gasteiger partial charge < -0.3 is 24.8 Å². The molecule has 0 saturated carbocycles. The predicted octanol–water partition coefficient (Wildman–Crippen LogP) is 5.02. The number of carbonyl (C=O) groups excluding carboxylic acids is 1. The third kappa shape index (κ3) is 7.49. The second kappa shape index (κ2) is 11.8. The van der Waals surface area contributed by atoms with E-state index in [4.69, 9.17) is 16.3 Å². The Morgan fingerprint density at radius 1 is 1.18 bits per heavy atom. The number of nitrogens with one attached hydrogen (secondary N) is 1. The van der Waals surface area contributed by atoms with Gasteiger partial charge in [-0.1, -0.05) is 35.9 Å². The maximum absolute atomic E-state index is 12.8. The first kappa shape index (κ1) is 29.5. The molecule has 1 aromatic heterocycles. The summed E-state index contributed by atoms with van der Waals surface area (Å²) in [5, 5.41) is 22.5. The lowest BCUT2D eigenvalue weighted by Gasteiger charge is -2.20. The molecule has 1 heterocycles. The van der Waals surface area contributed by atoms with E-state index >= 15 is 0 Å². The number of rotatable bonds is 10. The summed E-state index contributed by atoms with van der Waals surface area (Å²) in [7, 11) is 1.82. The molecule has 0 fully saturated rings. The van der Waals surface area contributed by atoms with Gasteiger partial charge in [-0.25, -0.2) is 4.98 Å². The van der Waals surface area contributed by atoms with Crippen LogP contribution < -0.4 is 10.1 Å². The molecule has 2 aromatic carbocycles. The Morgan fingerprint density at radius 3 is 2.37 bits per heavy atom. The van der Waals surface area contributed by atoms with Crippen LogP contribution in [-0.2, 0) is 19.1 Å². The van der Waals surface area contributed by atoms with Crippen LogP contribution in [-0.4, -0.2) is 50.6 Å². The average molecular weight is 554 g/mol. The van der Waals surface area contributed by atoms with E-state index in [1.54, 1.807) is 18.4 Å². The molecule has 0 radical (unpaired) electrons. The number of halogens is 4. The summed E-state index contributed by atoms with van der Waals surface area (Å²) in [6.07, 6.45) is -4.04. The molecule has 0 unspecified atom stereocenters. The predicted molar refractivity (Wildman–Crippen MR) is 138 cm³/mol. The molecule has 3 aromatic rings. The highest BCUT2D eigenvalue weighted by Gasteiger charge is 2.38. The van der Waals surface area contributed by atoms with E-state index in [1.807, 2.05) is 37.5 Å². The number of hydrogen-bond acceptors (Lipinski definition) is 5. The first-order chi connectivity index (χ1) is 17.7. The third-order valence-electron chi connectivity index (χ3n) is 5.93. The minimum atomic E-state index is -4.55. The molecule has 0 saturated heterocycles. The van der Waals surface area contributed by atoms with Crippen LogP contribution in [0, 0.1) is 0 Å². The summed E-state index contributed by atoms with van der Waals surface area (Å²) in [4.78, 5) is 17.3. The Labute approximate surface area is 224 Å². The van der Waals surface area contributed by atoms with E-state index in [0.29, 0.717) is 24.4 Å². The Hall–Kier alpha value is -3.08. The highest BCUT2D eigenvalue weighted by Crippen LogP contribution is 2.31. The maximum Gasteiger partial charge on any atom is 0.425 e. The largest absolute Gasteiger partial charge is 0.480 e. The normalized spacial score (nSPS) is 13.7. The van der Waals surface area contributed by atoms with Crippen LogP contribution in [0.1, 0.15) is 48.9 Å². The maximum atomic E-state index is 12.8. The van der Waals surface area contributed by atoms with Crippen molar-refractivity contribution in [3.05, 3.63) is 70.6 Å². The molecule has 0 aliphatic carbocycles. The molecule has 3 N–H and O–H groups in total. The van der Waals surface area contributed by atoms with Gasteiger partial charge >= 0.3 is 6.18 Å². The first-order valence-electron chi connectivity index (χ1n) is 12.0. The number of aryl methyl sites for hydroxylation is 1. The zero-order valence-electron chi connectivity index (χ0n) is 21.5. The Bertz CT molecular complexity index is 1250. The highest BCUT2D eigenvalue weighted by atomic mass is 35.5. The zero-order chi connectivity index (χ0) is 28.3. The van der Waals surface area contributed by atoms with E-state index in [9.17, 15) is 28.2 Å². The molecule has 38 heavy (non-hydrogen) atoms. The summed E-state index contributed by atoms with van der Waals surface area (Å²) in [6.45, 7) is 4.05. The van der Waals surface area contributed by atoms with Crippen molar-refractivity contribution in [2.24, 2.45) is 7.05 Å². The van der Waals surface area contributed by atoms with Gasteiger partial charge in [-0.3, -0.25) is 4.79 Å². The van der Waals surface area contributed by atoms with Crippen LogP contribution in [0.15, 0.2) is 48.7 Å². The van der Waals surface area contributed by atoms with E-state index in [2.05, 4.69) is 10.3 Å². The van der Waals surface area contributed by atoms with Crippen molar-refractivity contribution in [3.8, 4) is 17.0 Å². The Kier molecular flexibility index (Phi) is 9.12. The number of aromatic nitrogens is 2. The van der Waals surface area contributed by atoms with Gasteiger partial charge in [-0.2, -0.15) is 13.2 Å². The molecule has 3 rings (SSSR count). The van der Waals surface area contributed by atoms with Crippen molar-refractivity contribution >= 4 is 17.5 Å². The van der Waals surface area contributed by atoms with Gasteiger partial charge in [0.05, 0.1) is 10.7 Å². The number of aliphatic hydroxyl groups excluding tert-OH is 1. The molecule has 0 aliphatic heterocycles. The molecule has 2 atom stereocenters. The fourth-order valence-corrected chi connectivity index (χ4v) is 4.14. The smallest absolute Gasteiger partial charge is 0.425 e. The minimum Gasteiger partial charge on any atom is -0.480 e. The van der Waals surface area contributed by atoms with Gasteiger partial charge in [-0.15, -0.1) is 0 Å². The van der Waals surface area contributed by atoms with Crippen LogP contribution in [0.4, 0.5) is 13.2 Å². The standard InChI is InChI=1S/C27H31ClF3N3O4/c1-16(27(29,30)31)38-23-10-9-19(14-21(23)28)24(36)32-20(11-12-35)13-17-5-7-18(8-6-17)22-15-34(4)25(33-22)26(2,3)37/h5-10,14-16,20,35,37H,11-13H2,1-4H3,(H,32,36)/t16-,20-/m1/s1. The zero-order valence-corrected chi connectivity index (χ0v) is 22.3. The number of ether oxygens (including phenoxy) is 1. The van der Waals surface area contributed by atoms with Gasteiger partial charge in [0.15, 0.2) is 6.10 Å². The summed E-state index contributed by atoms with van der Waals surface area (Å²) >= 11 is 6.06. The first-order valence-corrected chi connectivity index (χ1v) is 12.4. The SMILES string of the molecule is C[C@@H](Oc1ccc(C(=O)N[C@H](CCO)Cc2ccc(-c3cn(C)c(C(C)(C)O)n3)cc2)cc1Cl)C(F)(F)F. The van der Waals surface area contributed by atoms with E-state index in [1.165, 1.54) is 18.2 Å². The fraction of sp³-hybridized carbons (Fsp3) is 0.407. The molecular formula is C27H31ClF3N3O4. The monoisotopic (exact) mass is 553 g/mol. The molecule has 11 heteroatoms. The Morgan fingerprint density at radius 2 is 1.84 bits per heavy atom. The van der Waals surface area contributed by atoms with Gasteiger partial charge in [0.25, 0.3) is 5.91 Å². The molecule has 1 amide bonds. The average Bonchev–Trinajstić information content (AvgIpc) is 3.22. The van der Waals surface area contributed by atoms with Gasteiger partial charge in [0, 0.05) is 37.0 Å². The van der Waals surface area contributed by atoms with Crippen LogP contribution in [0.3, 0.4) is 0 Å². The van der Waals surface area contributed by atoms with Crippen molar-refractivity contribution < 1.29 is 32.9 Å². The molecule has 0 bridgehead atoms. The number of carbonyl (C=O) groups is 1. The van der Waals surface area contributed by atoms with Gasteiger partial charge in [0.1, 0.15) is 17.2 Å². The molecular weight excluding hydrogens is 523 g/mol. The third-order valence-corrected chi connectivity index (χ3v) is 6.22. The van der Waals surface area contributed by atoms with E-state index in [0.717, 1.165) is 18.1 Å². The summed E-state index contributed by atoms with van der Waals surface area (Å²) < 4.78 is 45.0. The number of nitrogens with zero attached hydrogens (tertiary/aromatic N) is 2. The minimum absolute atomic E-state index is 0.120. The quantitative estimate of drug-likeness (QED) is 0.327. The van der Waals surface area contributed by atoms with Crippen molar-refractivity contribution in [3.63, 3.8) is 0 Å². The topological polar surface area (TPSA) is 96.6 Å². The lowest BCUT2D eigenvalue weighted by atomic mass is 10.0. The van der Waals surface area contributed by atoms with Crippen LogP contribution in [0.5, 0.6) is 5.75 Å². The van der Waals surface area contributed by atoms with Crippen LogP contribution in [0.2, 0.25) is 5.02 Å². The number of hydrogen-bond donors (Lipinski definition) is 3. The van der Waals surface area contributed by atoms with Crippen LogP contribution >= 0.6 is 11.6 Å². The van der Waals surface area contributed by atoms with Crippen molar-refractivity contribution in [1.29, 1.82) is 0 Å². The number of aliphatic hydroxyl groups is 2.